The fourth-order valence-electron chi connectivity index (χ4n) is 1.15. The van der Waals surface area contributed by atoms with Gasteiger partial charge in [0, 0.05) is 0 Å². The highest BCUT2D eigenvalue weighted by Gasteiger charge is 2.11. The predicted octanol–water partition coefficient (Wildman–Crippen LogP) is 2.18. The summed E-state index contributed by atoms with van der Waals surface area (Å²) < 4.78 is 5.62. The van der Waals surface area contributed by atoms with Crippen LogP contribution in [0.2, 0.25) is 5.28 Å². The molecule has 0 bridgehead atoms. The van der Waals surface area contributed by atoms with Gasteiger partial charge in [0.15, 0.2) is 5.65 Å². The molecule has 2 aromatic heterocycles. The van der Waals surface area contributed by atoms with Gasteiger partial charge in [0.05, 0.1) is 12.3 Å². The van der Waals surface area contributed by atoms with Crippen LogP contribution in [0.25, 0.3) is 11.0 Å². The van der Waals surface area contributed by atoms with E-state index in [1.807, 2.05) is 13.8 Å². The van der Waals surface area contributed by atoms with Gasteiger partial charge in [0.2, 0.25) is 11.2 Å². The van der Waals surface area contributed by atoms with Gasteiger partial charge in [-0.3, -0.25) is 5.10 Å². The second-order valence-electron chi connectivity index (χ2n) is 3.27. The van der Waals surface area contributed by atoms with E-state index in [1.165, 1.54) is 0 Å². The topological polar surface area (TPSA) is 63.7 Å². The second-order valence-corrected chi connectivity index (χ2v) is 3.60. The van der Waals surface area contributed by atoms with Crippen LogP contribution < -0.4 is 4.74 Å². The molecule has 0 spiro atoms. The van der Waals surface area contributed by atoms with Gasteiger partial charge in [-0.2, -0.15) is 15.1 Å². The minimum atomic E-state index is 0.0917. The Morgan fingerprint density at radius 1 is 1.53 bits per heavy atom. The fraction of sp³-hybridized carbons (Fsp3) is 0.444. The van der Waals surface area contributed by atoms with Crippen LogP contribution >= 0.6 is 11.6 Å². The minimum Gasteiger partial charge on any atom is -0.474 e. The number of fused-ring (bicyclic) bond motifs is 1. The van der Waals surface area contributed by atoms with Crippen molar-refractivity contribution in [1.29, 1.82) is 0 Å². The first-order valence-electron chi connectivity index (χ1n) is 4.74. The van der Waals surface area contributed by atoms with Crippen molar-refractivity contribution in [3.05, 3.63) is 11.5 Å². The summed E-state index contributed by atoms with van der Waals surface area (Å²) >= 11 is 5.76. The number of halogens is 1. The monoisotopic (exact) mass is 226 g/mol. The molecule has 0 aliphatic rings. The molecule has 0 aromatic carbocycles. The predicted molar refractivity (Wildman–Crippen MR) is 57.1 cm³/mol. The second kappa shape index (κ2) is 4.02. The van der Waals surface area contributed by atoms with Crippen molar-refractivity contribution in [3.8, 4) is 5.88 Å². The Kier molecular flexibility index (Phi) is 2.73. The van der Waals surface area contributed by atoms with Gasteiger partial charge in [0.25, 0.3) is 0 Å². The molecule has 0 saturated heterocycles. The molecular weight excluding hydrogens is 216 g/mol. The van der Waals surface area contributed by atoms with E-state index in [0.29, 0.717) is 11.5 Å². The normalized spacial score (nSPS) is 13.0. The summed E-state index contributed by atoms with van der Waals surface area (Å²) in [6.45, 7) is 4.02. The molecule has 1 unspecified atom stereocenters. The van der Waals surface area contributed by atoms with Gasteiger partial charge >= 0.3 is 0 Å². The van der Waals surface area contributed by atoms with Crippen molar-refractivity contribution in [2.45, 2.75) is 26.4 Å². The molecule has 0 radical (unpaired) electrons. The van der Waals surface area contributed by atoms with Gasteiger partial charge in [0.1, 0.15) is 5.39 Å². The third-order valence-corrected chi connectivity index (χ3v) is 2.30. The summed E-state index contributed by atoms with van der Waals surface area (Å²) in [5.41, 5.74) is 0.591. The van der Waals surface area contributed by atoms with Crippen molar-refractivity contribution in [2.75, 3.05) is 0 Å². The van der Waals surface area contributed by atoms with E-state index in [0.717, 1.165) is 11.8 Å². The fourth-order valence-corrected chi connectivity index (χ4v) is 1.31. The summed E-state index contributed by atoms with van der Waals surface area (Å²) in [7, 11) is 0. The van der Waals surface area contributed by atoms with Crippen molar-refractivity contribution in [3.63, 3.8) is 0 Å². The van der Waals surface area contributed by atoms with Crippen LogP contribution in [0.4, 0.5) is 0 Å². The number of aromatic nitrogens is 4. The lowest BCUT2D eigenvalue weighted by Gasteiger charge is -2.11. The summed E-state index contributed by atoms with van der Waals surface area (Å²) in [5, 5.41) is 7.50. The van der Waals surface area contributed by atoms with Crippen molar-refractivity contribution < 1.29 is 4.74 Å². The highest BCUT2D eigenvalue weighted by molar-refractivity contribution is 6.28. The van der Waals surface area contributed by atoms with E-state index < -0.39 is 0 Å². The van der Waals surface area contributed by atoms with E-state index in [4.69, 9.17) is 16.3 Å². The lowest BCUT2D eigenvalue weighted by atomic mass is 10.3. The van der Waals surface area contributed by atoms with Gasteiger partial charge in [-0.05, 0) is 24.9 Å². The molecule has 0 amide bonds. The van der Waals surface area contributed by atoms with E-state index >= 15 is 0 Å². The molecule has 0 aliphatic heterocycles. The quantitative estimate of drug-likeness (QED) is 0.815. The lowest BCUT2D eigenvalue weighted by Crippen LogP contribution is -2.11. The Morgan fingerprint density at radius 2 is 2.33 bits per heavy atom. The molecule has 80 valence electrons. The van der Waals surface area contributed by atoms with Gasteiger partial charge in [-0.25, -0.2) is 0 Å². The molecular formula is C9H11ClN4O. The number of nitrogens with one attached hydrogen (secondary N) is 1. The average Bonchev–Trinajstić information content (AvgIpc) is 2.65. The zero-order chi connectivity index (χ0) is 10.8. The van der Waals surface area contributed by atoms with Crippen LogP contribution in [0.1, 0.15) is 20.3 Å². The van der Waals surface area contributed by atoms with Crippen LogP contribution in [-0.2, 0) is 0 Å². The number of H-pyrrole nitrogens is 1. The molecule has 1 atom stereocenters. The highest BCUT2D eigenvalue weighted by atomic mass is 35.5. The Hall–Kier alpha value is -1.36. The number of aromatic amines is 1. The molecule has 2 aromatic rings. The third kappa shape index (κ3) is 2.02. The van der Waals surface area contributed by atoms with Gasteiger partial charge in [-0.15, -0.1) is 0 Å². The first-order valence-corrected chi connectivity index (χ1v) is 5.11. The van der Waals surface area contributed by atoms with E-state index in [9.17, 15) is 0 Å². The van der Waals surface area contributed by atoms with Crippen molar-refractivity contribution in [1.82, 2.24) is 20.2 Å². The number of rotatable bonds is 3. The van der Waals surface area contributed by atoms with Gasteiger partial charge in [-0.1, -0.05) is 6.92 Å². The Labute approximate surface area is 91.8 Å². The minimum absolute atomic E-state index is 0.0917. The van der Waals surface area contributed by atoms with E-state index in [1.54, 1.807) is 6.20 Å². The molecule has 5 nitrogen and oxygen atoms in total. The largest absolute Gasteiger partial charge is 0.474 e. The highest BCUT2D eigenvalue weighted by Crippen LogP contribution is 2.23. The first kappa shape index (κ1) is 10.2. The molecule has 2 heterocycles. The Bertz CT molecular complexity index is 470. The average molecular weight is 227 g/mol. The number of nitrogens with zero attached hydrogens (tertiary/aromatic N) is 3. The summed E-state index contributed by atoms with van der Waals surface area (Å²) in [6, 6.07) is 0. The van der Waals surface area contributed by atoms with Crippen LogP contribution in [0.15, 0.2) is 6.20 Å². The molecule has 6 heteroatoms. The van der Waals surface area contributed by atoms with E-state index in [-0.39, 0.29) is 11.4 Å². The molecule has 15 heavy (non-hydrogen) atoms. The Morgan fingerprint density at radius 3 is 3.07 bits per heavy atom. The smallest absolute Gasteiger partial charge is 0.229 e. The third-order valence-electron chi connectivity index (χ3n) is 2.14. The number of hydrogen-bond acceptors (Lipinski definition) is 4. The summed E-state index contributed by atoms with van der Waals surface area (Å²) in [4.78, 5) is 8.02. The van der Waals surface area contributed by atoms with Gasteiger partial charge < -0.3 is 4.74 Å². The maximum absolute atomic E-state index is 5.76. The summed E-state index contributed by atoms with van der Waals surface area (Å²) in [6.07, 6.45) is 2.62. The first-order chi connectivity index (χ1) is 7.20. The maximum Gasteiger partial charge on any atom is 0.229 e. The standard InChI is InChI=1S/C9H11ClN4O/c1-3-5(2)15-8-6-4-11-14-7(6)12-9(10)13-8/h4-5H,3H2,1-2H3,(H,11,12,13,14). The van der Waals surface area contributed by atoms with Crippen molar-refractivity contribution >= 4 is 22.6 Å². The molecule has 1 N–H and O–H groups in total. The number of hydrogen-bond donors (Lipinski definition) is 1. The zero-order valence-corrected chi connectivity index (χ0v) is 9.25. The molecule has 0 saturated carbocycles. The van der Waals surface area contributed by atoms with Crippen LogP contribution in [0, 0.1) is 0 Å². The molecule has 2 rings (SSSR count). The SMILES string of the molecule is CCC(C)Oc1nc(Cl)nc2[nH]ncc12. The lowest BCUT2D eigenvalue weighted by molar-refractivity contribution is 0.211. The zero-order valence-electron chi connectivity index (χ0n) is 8.49. The maximum atomic E-state index is 5.76. The Balaban J connectivity index is 2.44. The molecule has 0 aliphatic carbocycles. The van der Waals surface area contributed by atoms with Crippen LogP contribution in [0.3, 0.4) is 0 Å². The number of ether oxygens (including phenoxy) is 1. The van der Waals surface area contributed by atoms with Crippen molar-refractivity contribution in [2.24, 2.45) is 0 Å². The van der Waals surface area contributed by atoms with E-state index in [2.05, 4.69) is 20.2 Å². The molecule has 0 fully saturated rings. The van der Waals surface area contributed by atoms with Crippen LogP contribution in [0.5, 0.6) is 5.88 Å². The summed E-state index contributed by atoms with van der Waals surface area (Å²) in [5.74, 6) is 0.480. The van der Waals surface area contributed by atoms with Crippen LogP contribution in [-0.4, -0.2) is 26.3 Å².